The summed E-state index contributed by atoms with van der Waals surface area (Å²) in [5.41, 5.74) is 2.02. The second-order valence-corrected chi connectivity index (χ2v) is 3.45. The molecule has 0 atom stereocenters. The molecule has 0 bridgehead atoms. The van der Waals surface area contributed by atoms with E-state index in [1.165, 1.54) is 6.07 Å². The van der Waals surface area contributed by atoms with Crippen LogP contribution in [0.3, 0.4) is 0 Å². The van der Waals surface area contributed by atoms with E-state index >= 15 is 0 Å². The molecule has 18 heavy (non-hydrogen) atoms. The van der Waals surface area contributed by atoms with E-state index in [0.29, 0.717) is 5.69 Å². The lowest BCUT2D eigenvalue weighted by atomic mass is 10.3. The van der Waals surface area contributed by atoms with Crippen LogP contribution in [0.5, 0.6) is 0 Å². The molecule has 0 fully saturated rings. The summed E-state index contributed by atoms with van der Waals surface area (Å²) < 4.78 is 0. The second kappa shape index (κ2) is 5.05. The highest BCUT2D eigenvalue weighted by atomic mass is 16.4. The van der Waals surface area contributed by atoms with Crippen molar-refractivity contribution in [3.63, 3.8) is 0 Å². The summed E-state index contributed by atoms with van der Waals surface area (Å²) in [5.74, 6) is 0. The van der Waals surface area contributed by atoms with Crippen LogP contribution in [-0.4, -0.2) is 5.21 Å². The first-order chi connectivity index (χ1) is 8.72. The van der Waals surface area contributed by atoms with Crippen molar-refractivity contribution in [2.24, 2.45) is 10.3 Å². The van der Waals surface area contributed by atoms with Gasteiger partial charge in [-0.05, 0) is 24.3 Å². The van der Waals surface area contributed by atoms with Crippen molar-refractivity contribution in [2.45, 2.75) is 0 Å². The van der Waals surface area contributed by atoms with Gasteiger partial charge >= 0.3 is 0 Å². The van der Waals surface area contributed by atoms with E-state index in [9.17, 15) is 9.59 Å². The summed E-state index contributed by atoms with van der Waals surface area (Å²) >= 11 is 0. The van der Waals surface area contributed by atoms with Gasteiger partial charge < -0.3 is 5.21 Å². The first kappa shape index (κ1) is 11.7. The molecule has 0 aliphatic rings. The van der Waals surface area contributed by atoms with Gasteiger partial charge in [-0.3, -0.25) is 15.0 Å². The van der Waals surface area contributed by atoms with Crippen molar-refractivity contribution in [2.75, 3.05) is 5.43 Å². The van der Waals surface area contributed by atoms with Gasteiger partial charge in [0.25, 0.3) is 0 Å². The molecule has 0 saturated carbocycles. The maximum atomic E-state index is 11.7. The van der Waals surface area contributed by atoms with Gasteiger partial charge in [0.1, 0.15) is 5.36 Å². The monoisotopic (exact) mass is 243 g/mol. The Hall–Kier alpha value is -2.76. The van der Waals surface area contributed by atoms with Crippen LogP contribution >= 0.6 is 0 Å². The molecule has 2 N–H and O–H groups in total. The maximum absolute atomic E-state index is 11.7. The highest BCUT2D eigenvalue weighted by Crippen LogP contribution is 2.03. The zero-order valence-corrected chi connectivity index (χ0v) is 9.20. The first-order valence-corrected chi connectivity index (χ1v) is 5.10. The minimum atomic E-state index is -0.714. The van der Waals surface area contributed by atoms with E-state index in [2.05, 4.69) is 15.7 Å². The average Bonchev–Trinajstić information content (AvgIpc) is 2.40. The third-order valence-corrected chi connectivity index (χ3v) is 2.25. The fourth-order valence-corrected chi connectivity index (χ4v) is 1.36. The Morgan fingerprint density at radius 1 is 1.00 bits per heavy atom. The lowest BCUT2D eigenvalue weighted by Crippen LogP contribution is -2.47. The predicted octanol–water partition coefficient (Wildman–Crippen LogP) is -0.500. The van der Waals surface area contributed by atoms with Crippen molar-refractivity contribution in [1.29, 1.82) is 0 Å². The minimum Gasteiger partial charge on any atom is -0.410 e. The number of benzene rings is 2. The SMILES string of the molecule is O=c1ccc(=NNc2ccccc2)c(=O)c1=NO. The van der Waals surface area contributed by atoms with Crippen LogP contribution in [0.25, 0.3) is 0 Å². The molecule has 0 spiro atoms. The Balaban J connectivity index is 2.48. The van der Waals surface area contributed by atoms with E-state index in [4.69, 9.17) is 5.21 Å². The average molecular weight is 243 g/mol. The summed E-state index contributed by atoms with van der Waals surface area (Å²) in [4.78, 5) is 22.8. The van der Waals surface area contributed by atoms with E-state index < -0.39 is 16.2 Å². The molecule has 0 unspecified atom stereocenters. The zero-order valence-electron chi connectivity index (χ0n) is 9.20. The Labute approximate surface area is 101 Å². The fourth-order valence-electron chi connectivity index (χ4n) is 1.36. The Morgan fingerprint density at radius 3 is 2.39 bits per heavy atom. The molecule has 2 aromatic rings. The van der Waals surface area contributed by atoms with E-state index in [1.54, 1.807) is 12.1 Å². The van der Waals surface area contributed by atoms with Crippen LogP contribution in [0, 0.1) is 0 Å². The maximum Gasteiger partial charge on any atom is 0.238 e. The van der Waals surface area contributed by atoms with Gasteiger partial charge in [-0.25, -0.2) is 0 Å². The Morgan fingerprint density at radius 2 is 1.72 bits per heavy atom. The van der Waals surface area contributed by atoms with Crippen LogP contribution in [0.15, 0.2) is 62.3 Å². The molecule has 2 rings (SSSR count). The Bertz CT molecular complexity index is 760. The van der Waals surface area contributed by atoms with Crippen LogP contribution in [0.2, 0.25) is 0 Å². The van der Waals surface area contributed by atoms with Crippen molar-refractivity contribution < 1.29 is 5.21 Å². The molecule has 6 heteroatoms. The molecule has 0 saturated heterocycles. The van der Waals surface area contributed by atoms with Crippen LogP contribution in [0.1, 0.15) is 0 Å². The van der Waals surface area contributed by atoms with Crippen LogP contribution in [-0.2, 0) is 0 Å². The summed E-state index contributed by atoms with van der Waals surface area (Å²) in [6.07, 6.45) is 0. The van der Waals surface area contributed by atoms with E-state index in [0.717, 1.165) is 6.07 Å². The molecule has 0 radical (unpaired) electrons. The molecule has 0 heterocycles. The van der Waals surface area contributed by atoms with Crippen molar-refractivity contribution in [1.82, 2.24) is 0 Å². The lowest BCUT2D eigenvalue weighted by Gasteiger charge is -1.97. The molecular formula is C12H9N3O3. The van der Waals surface area contributed by atoms with E-state index in [1.807, 2.05) is 18.2 Å². The zero-order chi connectivity index (χ0) is 13.0. The van der Waals surface area contributed by atoms with Crippen molar-refractivity contribution in [3.05, 3.63) is 73.6 Å². The molecule has 0 aliphatic heterocycles. The molecule has 0 aromatic heterocycles. The fraction of sp³-hybridized carbons (Fsp3) is 0. The van der Waals surface area contributed by atoms with Crippen molar-refractivity contribution >= 4 is 5.69 Å². The topological polar surface area (TPSA) is 91.1 Å². The molecule has 2 aromatic carbocycles. The smallest absolute Gasteiger partial charge is 0.238 e. The highest BCUT2D eigenvalue weighted by molar-refractivity contribution is 5.41. The quantitative estimate of drug-likeness (QED) is 0.549. The van der Waals surface area contributed by atoms with Crippen LogP contribution in [0.4, 0.5) is 5.69 Å². The third-order valence-electron chi connectivity index (χ3n) is 2.25. The number of hydrogen-bond acceptors (Lipinski definition) is 6. The largest absolute Gasteiger partial charge is 0.410 e. The summed E-state index contributed by atoms with van der Waals surface area (Å²) in [6.45, 7) is 0. The van der Waals surface area contributed by atoms with Gasteiger partial charge in [0, 0.05) is 0 Å². The normalized spacial score (nSPS) is 12.7. The van der Waals surface area contributed by atoms with Crippen molar-refractivity contribution in [3.8, 4) is 0 Å². The molecule has 0 aliphatic carbocycles. The highest BCUT2D eigenvalue weighted by Gasteiger charge is 2.00. The number of nitrogens with zero attached hydrogens (tertiary/aromatic N) is 2. The number of para-hydroxylation sites is 1. The molecule has 0 amide bonds. The molecule has 90 valence electrons. The van der Waals surface area contributed by atoms with Gasteiger partial charge in [0.05, 0.1) is 5.69 Å². The Kier molecular flexibility index (Phi) is 3.29. The van der Waals surface area contributed by atoms with Gasteiger partial charge in [-0.1, -0.05) is 23.4 Å². The number of rotatable bonds is 2. The van der Waals surface area contributed by atoms with Gasteiger partial charge in [0.2, 0.25) is 10.9 Å². The summed E-state index contributed by atoms with van der Waals surface area (Å²) in [5, 5.41) is 14.6. The number of anilines is 1. The number of nitrogens with one attached hydrogen (secondary N) is 1. The molecule has 6 nitrogen and oxygen atoms in total. The standard InChI is InChI=1S/C12H9N3O3/c16-10-7-6-9(12(17)11(10)15-18)14-13-8-4-2-1-3-5-8/h1-7,13,18H. The number of hydrogen-bond donors (Lipinski definition) is 2. The summed E-state index contributed by atoms with van der Waals surface area (Å²) in [6, 6.07) is 11.4. The van der Waals surface area contributed by atoms with Gasteiger partial charge in [-0.2, -0.15) is 5.10 Å². The first-order valence-electron chi connectivity index (χ1n) is 5.10. The predicted molar refractivity (Wildman–Crippen MR) is 64.3 cm³/mol. The lowest BCUT2D eigenvalue weighted by molar-refractivity contribution is 0.300. The summed E-state index contributed by atoms with van der Waals surface area (Å²) in [7, 11) is 0. The second-order valence-electron chi connectivity index (χ2n) is 3.45. The minimum absolute atomic E-state index is 0.00579. The van der Waals surface area contributed by atoms with Gasteiger partial charge in [0.15, 0.2) is 5.36 Å². The van der Waals surface area contributed by atoms with E-state index in [-0.39, 0.29) is 5.36 Å². The van der Waals surface area contributed by atoms with Gasteiger partial charge in [-0.15, -0.1) is 0 Å². The third kappa shape index (κ3) is 2.32. The van der Waals surface area contributed by atoms with Crippen LogP contribution < -0.4 is 27.0 Å². The molecular weight excluding hydrogens is 234 g/mol.